The van der Waals surface area contributed by atoms with E-state index in [0.717, 1.165) is 10.9 Å². The molecule has 0 bridgehead atoms. The van der Waals surface area contributed by atoms with Crippen LogP contribution in [0.3, 0.4) is 0 Å². The van der Waals surface area contributed by atoms with Crippen molar-refractivity contribution in [2.75, 3.05) is 7.11 Å². The molecule has 16 heavy (non-hydrogen) atoms. The minimum absolute atomic E-state index is 0.0928. The van der Waals surface area contributed by atoms with Crippen LogP contribution in [0, 0.1) is 0 Å². The Kier molecular flexibility index (Phi) is 2.62. The zero-order valence-corrected chi connectivity index (χ0v) is 10.8. The van der Waals surface area contributed by atoms with Crippen LogP contribution in [0.25, 0.3) is 10.9 Å². The number of aromatic nitrogens is 1. The van der Waals surface area contributed by atoms with Crippen LogP contribution in [-0.4, -0.2) is 12.1 Å². The second-order valence-electron chi connectivity index (χ2n) is 4.98. The van der Waals surface area contributed by atoms with Gasteiger partial charge < -0.3 is 9.72 Å². The number of methoxy groups -OCH3 is 1. The Morgan fingerprint density at radius 2 is 1.94 bits per heavy atom. The normalized spacial score (nSPS) is 12.1. The van der Waals surface area contributed by atoms with Gasteiger partial charge in [-0.15, -0.1) is 0 Å². The lowest BCUT2D eigenvalue weighted by Gasteiger charge is -2.15. The van der Waals surface area contributed by atoms with Crippen molar-refractivity contribution in [2.24, 2.45) is 0 Å². The third-order valence-corrected chi connectivity index (χ3v) is 3.12. The second kappa shape index (κ2) is 3.70. The van der Waals surface area contributed by atoms with Crippen molar-refractivity contribution in [1.82, 2.24) is 4.98 Å². The number of fused-ring (bicyclic) bond motifs is 1. The van der Waals surface area contributed by atoms with Crippen molar-refractivity contribution in [3.63, 3.8) is 0 Å². The van der Waals surface area contributed by atoms with E-state index in [-0.39, 0.29) is 5.41 Å². The van der Waals surface area contributed by atoms with E-state index in [0.29, 0.717) is 10.8 Å². The highest BCUT2D eigenvalue weighted by Crippen LogP contribution is 2.35. The summed E-state index contributed by atoms with van der Waals surface area (Å²) in [6, 6.07) is 5.98. The Labute approximate surface area is 101 Å². The molecule has 0 atom stereocenters. The summed E-state index contributed by atoms with van der Waals surface area (Å²) in [5, 5.41) is 1.69. The molecule has 2 aromatic rings. The molecule has 0 saturated heterocycles. The lowest BCUT2D eigenvalue weighted by atomic mass is 9.92. The molecule has 0 aliphatic heterocycles. The van der Waals surface area contributed by atoms with Gasteiger partial charge in [0.05, 0.1) is 12.1 Å². The van der Waals surface area contributed by atoms with Gasteiger partial charge in [0, 0.05) is 22.0 Å². The summed E-state index contributed by atoms with van der Waals surface area (Å²) in [5.41, 5.74) is 2.32. The van der Waals surface area contributed by atoms with E-state index in [1.807, 2.05) is 12.1 Å². The molecule has 1 aromatic carbocycles. The predicted molar refractivity (Wildman–Crippen MR) is 68.6 cm³/mol. The van der Waals surface area contributed by atoms with Crippen LogP contribution >= 0.6 is 11.6 Å². The summed E-state index contributed by atoms with van der Waals surface area (Å²) < 4.78 is 5.20. The first-order valence-electron chi connectivity index (χ1n) is 5.29. The number of H-pyrrole nitrogens is 1. The van der Waals surface area contributed by atoms with E-state index in [1.54, 1.807) is 7.11 Å². The van der Waals surface area contributed by atoms with Crippen LogP contribution < -0.4 is 4.74 Å². The van der Waals surface area contributed by atoms with Crippen molar-refractivity contribution in [3.8, 4) is 5.75 Å². The maximum Gasteiger partial charge on any atom is 0.138 e. The molecule has 0 fully saturated rings. The third-order valence-electron chi connectivity index (χ3n) is 2.73. The molecule has 0 unspecified atom stereocenters. The SMILES string of the molecule is COc1ccc2[nH]c(C(C)(C)C)cc2c1Cl. The third kappa shape index (κ3) is 1.78. The van der Waals surface area contributed by atoms with Crippen LogP contribution in [0.5, 0.6) is 5.75 Å². The van der Waals surface area contributed by atoms with Crippen molar-refractivity contribution < 1.29 is 4.74 Å². The first-order valence-corrected chi connectivity index (χ1v) is 5.67. The van der Waals surface area contributed by atoms with Crippen LogP contribution in [0.15, 0.2) is 18.2 Å². The van der Waals surface area contributed by atoms with Crippen molar-refractivity contribution in [1.29, 1.82) is 0 Å². The molecule has 86 valence electrons. The molecular formula is C13H16ClNO. The quantitative estimate of drug-likeness (QED) is 0.793. The monoisotopic (exact) mass is 237 g/mol. The Morgan fingerprint density at radius 3 is 2.50 bits per heavy atom. The minimum Gasteiger partial charge on any atom is -0.495 e. The molecular weight excluding hydrogens is 222 g/mol. The Bertz CT molecular complexity index is 522. The van der Waals surface area contributed by atoms with Gasteiger partial charge in [0.15, 0.2) is 0 Å². The van der Waals surface area contributed by atoms with E-state index in [1.165, 1.54) is 5.69 Å². The molecule has 1 N–H and O–H groups in total. The molecule has 2 rings (SSSR count). The number of hydrogen-bond acceptors (Lipinski definition) is 1. The fourth-order valence-electron chi connectivity index (χ4n) is 1.71. The van der Waals surface area contributed by atoms with Gasteiger partial charge in [-0.05, 0) is 18.2 Å². The van der Waals surface area contributed by atoms with Gasteiger partial charge in [0.25, 0.3) is 0 Å². The van der Waals surface area contributed by atoms with Crippen LogP contribution in [0.2, 0.25) is 5.02 Å². The number of benzene rings is 1. The van der Waals surface area contributed by atoms with Crippen molar-refractivity contribution in [2.45, 2.75) is 26.2 Å². The van der Waals surface area contributed by atoms with Crippen molar-refractivity contribution >= 4 is 22.5 Å². The van der Waals surface area contributed by atoms with E-state index < -0.39 is 0 Å². The van der Waals surface area contributed by atoms with E-state index in [9.17, 15) is 0 Å². The maximum atomic E-state index is 6.26. The lowest BCUT2D eigenvalue weighted by Crippen LogP contribution is -2.10. The Balaban J connectivity index is 2.67. The largest absolute Gasteiger partial charge is 0.495 e. The number of halogens is 1. The second-order valence-corrected chi connectivity index (χ2v) is 5.35. The van der Waals surface area contributed by atoms with Gasteiger partial charge in [-0.3, -0.25) is 0 Å². The molecule has 0 radical (unpaired) electrons. The summed E-state index contributed by atoms with van der Waals surface area (Å²) in [7, 11) is 1.63. The molecule has 2 nitrogen and oxygen atoms in total. The van der Waals surface area contributed by atoms with Gasteiger partial charge in [-0.2, -0.15) is 0 Å². The zero-order chi connectivity index (χ0) is 11.9. The molecule has 0 amide bonds. The topological polar surface area (TPSA) is 25.0 Å². The highest BCUT2D eigenvalue weighted by molar-refractivity contribution is 6.37. The summed E-state index contributed by atoms with van der Waals surface area (Å²) in [5.74, 6) is 0.716. The average Bonchev–Trinajstić information content (AvgIpc) is 2.62. The number of hydrogen-bond donors (Lipinski definition) is 1. The summed E-state index contributed by atoms with van der Waals surface area (Å²) in [6.45, 7) is 6.51. The van der Waals surface area contributed by atoms with Gasteiger partial charge in [0.2, 0.25) is 0 Å². The van der Waals surface area contributed by atoms with Gasteiger partial charge in [-0.1, -0.05) is 32.4 Å². The molecule has 0 saturated carbocycles. The zero-order valence-electron chi connectivity index (χ0n) is 10.0. The fourth-order valence-corrected chi connectivity index (χ4v) is 2.01. The van der Waals surface area contributed by atoms with E-state index >= 15 is 0 Å². The van der Waals surface area contributed by atoms with E-state index in [2.05, 4.69) is 31.8 Å². The molecule has 1 aromatic heterocycles. The van der Waals surface area contributed by atoms with Gasteiger partial charge in [-0.25, -0.2) is 0 Å². The smallest absolute Gasteiger partial charge is 0.138 e. The summed E-state index contributed by atoms with van der Waals surface area (Å²) >= 11 is 6.26. The molecule has 3 heteroatoms. The van der Waals surface area contributed by atoms with Crippen LogP contribution in [0.4, 0.5) is 0 Å². The van der Waals surface area contributed by atoms with Gasteiger partial charge in [0.1, 0.15) is 5.75 Å². The molecule has 1 heterocycles. The maximum absolute atomic E-state index is 6.26. The highest BCUT2D eigenvalue weighted by Gasteiger charge is 2.18. The standard InChI is InChI=1S/C13H16ClNO/c1-13(2,3)11-7-8-9(15-11)5-6-10(16-4)12(8)14/h5-7,15H,1-4H3. The number of aromatic amines is 1. The lowest BCUT2D eigenvalue weighted by molar-refractivity contribution is 0.415. The number of nitrogens with one attached hydrogen (secondary N) is 1. The summed E-state index contributed by atoms with van der Waals surface area (Å²) in [6.07, 6.45) is 0. The van der Waals surface area contributed by atoms with E-state index in [4.69, 9.17) is 16.3 Å². The predicted octanol–water partition coefficient (Wildman–Crippen LogP) is 4.13. The molecule has 0 aliphatic rings. The minimum atomic E-state index is 0.0928. The van der Waals surface area contributed by atoms with Crippen LogP contribution in [-0.2, 0) is 5.41 Å². The first-order chi connectivity index (χ1) is 7.43. The Hall–Kier alpha value is -1.15. The average molecular weight is 238 g/mol. The first kappa shape index (κ1) is 11.3. The number of ether oxygens (including phenoxy) is 1. The highest BCUT2D eigenvalue weighted by atomic mass is 35.5. The summed E-state index contributed by atoms with van der Waals surface area (Å²) in [4.78, 5) is 3.39. The molecule has 0 aliphatic carbocycles. The van der Waals surface area contributed by atoms with Crippen molar-refractivity contribution in [3.05, 3.63) is 28.9 Å². The van der Waals surface area contributed by atoms with Gasteiger partial charge >= 0.3 is 0 Å². The fraction of sp³-hybridized carbons (Fsp3) is 0.385. The van der Waals surface area contributed by atoms with Crippen LogP contribution in [0.1, 0.15) is 26.5 Å². The Morgan fingerprint density at radius 1 is 1.25 bits per heavy atom. The molecule has 0 spiro atoms. The number of rotatable bonds is 1.